The first kappa shape index (κ1) is 32.2. The summed E-state index contributed by atoms with van der Waals surface area (Å²) in [4.78, 5) is 76.2. The summed E-state index contributed by atoms with van der Waals surface area (Å²) >= 11 is 0. The molecule has 4 rings (SSSR count). The number of aromatic nitrogens is 2. The molecule has 2 fully saturated rings. The van der Waals surface area contributed by atoms with Crippen molar-refractivity contribution in [3.05, 3.63) is 62.9 Å². The number of nitrogens with zero attached hydrogens (tertiary/aromatic N) is 1. The minimum atomic E-state index is -4.94. The number of hydrogen-bond acceptors (Lipinski definition) is 10. The zero-order valence-corrected chi connectivity index (χ0v) is 24.1. The minimum absolute atomic E-state index is 0.233. The fourth-order valence-corrected chi connectivity index (χ4v) is 6.00. The van der Waals surface area contributed by atoms with Gasteiger partial charge in [0.15, 0.2) is 12.0 Å². The van der Waals surface area contributed by atoms with Gasteiger partial charge in [-0.1, -0.05) is 12.1 Å². The summed E-state index contributed by atoms with van der Waals surface area (Å²) in [6.07, 6.45) is -6.03. The van der Waals surface area contributed by atoms with Crippen LogP contribution in [0.15, 0.2) is 46.1 Å². The highest BCUT2D eigenvalue weighted by molar-refractivity contribution is 7.60. The van der Waals surface area contributed by atoms with Crippen molar-refractivity contribution in [2.75, 3.05) is 0 Å². The molecule has 0 aliphatic carbocycles. The number of aliphatic hydroxyl groups is 1. The van der Waals surface area contributed by atoms with E-state index in [1.165, 1.54) is 18.3 Å². The van der Waals surface area contributed by atoms with Crippen molar-refractivity contribution in [3.63, 3.8) is 0 Å². The van der Waals surface area contributed by atoms with Gasteiger partial charge >= 0.3 is 27.0 Å². The van der Waals surface area contributed by atoms with Gasteiger partial charge in [0, 0.05) is 12.3 Å². The maximum Gasteiger partial charge on any atom is 0.408 e. The van der Waals surface area contributed by atoms with Crippen LogP contribution in [0.3, 0.4) is 0 Å². The van der Waals surface area contributed by atoms with Gasteiger partial charge in [-0.25, -0.2) is 9.59 Å². The lowest BCUT2D eigenvalue weighted by molar-refractivity contribution is -0.208. The van der Waals surface area contributed by atoms with E-state index in [4.69, 9.17) is 28.7 Å². The monoisotopic (exact) mass is 635 g/mol. The molecule has 6 atom stereocenters. The Morgan fingerprint density at radius 1 is 1.07 bits per heavy atom. The molecule has 19 heteroatoms. The van der Waals surface area contributed by atoms with Crippen LogP contribution in [-0.2, 0) is 34.7 Å². The summed E-state index contributed by atoms with van der Waals surface area (Å²) in [7, 11) is -9.39. The Balaban J connectivity index is 1.39. The molecule has 42 heavy (non-hydrogen) atoms. The summed E-state index contributed by atoms with van der Waals surface area (Å²) in [5, 5.41) is 12.8. The molecular formula is C23H31N3O14P2. The van der Waals surface area contributed by atoms with Gasteiger partial charge in [-0.3, -0.25) is 23.5 Å². The lowest BCUT2D eigenvalue weighted by Crippen LogP contribution is -2.40. The van der Waals surface area contributed by atoms with E-state index in [-0.39, 0.29) is 18.3 Å². The summed E-state index contributed by atoms with van der Waals surface area (Å²) in [5.41, 5.74) is -1.05. The number of nitrogens with one attached hydrogen (secondary N) is 2. The zero-order valence-electron chi connectivity index (χ0n) is 22.3. The third-order valence-corrected chi connectivity index (χ3v) is 8.81. The highest BCUT2D eigenvalue weighted by atomic mass is 31.2. The van der Waals surface area contributed by atoms with Gasteiger partial charge in [0.2, 0.25) is 0 Å². The molecule has 0 bridgehead atoms. The molecule has 17 nitrogen and oxygen atoms in total. The third kappa shape index (κ3) is 7.63. The van der Waals surface area contributed by atoms with E-state index in [0.29, 0.717) is 5.56 Å². The van der Waals surface area contributed by atoms with Crippen LogP contribution < -0.4 is 21.9 Å². The molecule has 2 aromatic rings. The Bertz CT molecular complexity index is 1500. The van der Waals surface area contributed by atoms with Crippen LogP contribution in [0, 0.1) is 0 Å². The van der Waals surface area contributed by atoms with Crippen molar-refractivity contribution in [2.45, 2.75) is 75.5 Å². The van der Waals surface area contributed by atoms with Gasteiger partial charge in [0.25, 0.3) is 5.56 Å². The normalized spacial score (nSPS) is 25.0. The van der Waals surface area contributed by atoms with E-state index in [2.05, 4.69) is 10.3 Å². The standard InChI is InChI=1S/C23H31N3O14P2/c1-23(2)39-18-17(38-20(19(18)40-23)26-10-9-15(28)24-21(26)29)14(27)7-8-16(42(34,35)36)25-22(30)37-11-12-3-5-13(6-4-12)41(31,32)33/h3-6,9-10,14,16-20,27H,7-8,11H2,1-2H3,(H,25,30)(H,24,28,29)(H2,31,32,33)(H2,34,35,36)/t14?,16?,17-,18-,19-,20-/m1/s1. The lowest BCUT2D eigenvalue weighted by Gasteiger charge is -2.28. The zero-order chi connectivity index (χ0) is 31.0. The molecule has 1 amide bonds. The van der Waals surface area contributed by atoms with E-state index < -0.39 is 81.2 Å². The molecule has 2 aliphatic rings. The van der Waals surface area contributed by atoms with Crippen LogP contribution in [0.5, 0.6) is 0 Å². The van der Waals surface area contributed by atoms with Gasteiger partial charge in [-0.05, 0) is 44.4 Å². The predicted molar refractivity (Wildman–Crippen MR) is 142 cm³/mol. The van der Waals surface area contributed by atoms with Gasteiger partial charge in [-0.2, -0.15) is 0 Å². The highest BCUT2D eigenvalue weighted by Gasteiger charge is 2.57. The van der Waals surface area contributed by atoms with Crippen molar-refractivity contribution in [1.29, 1.82) is 0 Å². The van der Waals surface area contributed by atoms with Crippen molar-refractivity contribution in [3.8, 4) is 0 Å². The number of carbonyl (C=O) groups is 1. The molecule has 0 radical (unpaired) electrons. The van der Waals surface area contributed by atoms with Gasteiger partial charge in [-0.15, -0.1) is 0 Å². The maximum atomic E-state index is 12.4. The second-order valence-corrected chi connectivity index (χ2v) is 13.7. The average molecular weight is 635 g/mol. The van der Waals surface area contributed by atoms with E-state index in [9.17, 15) is 38.4 Å². The first-order valence-electron chi connectivity index (χ1n) is 12.6. The van der Waals surface area contributed by atoms with E-state index in [0.717, 1.165) is 22.8 Å². The molecule has 1 aromatic heterocycles. The number of rotatable bonds is 10. The minimum Gasteiger partial charge on any atom is -0.445 e. The first-order valence-corrected chi connectivity index (χ1v) is 15.9. The van der Waals surface area contributed by atoms with Crippen LogP contribution in [0.2, 0.25) is 0 Å². The van der Waals surface area contributed by atoms with Crippen LogP contribution >= 0.6 is 15.2 Å². The van der Waals surface area contributed by atoms with E-state index >= 15 is 0 Å². The Morgan fingerprint density at radius 3 is 2.31 bits per heavy atom. The smallest absolute Gasteiger partial charge is 0.408 e. The Labute approximate surface area is 237 Å². The quantitative estimate of drug-likeness (QED) is 0.160. The van der Waals surface area contributed by atoms with Crippen molar-refractivity contribution >= 4 is 26.6 Å². The van der Waals surface area contributed by atoms with Crippen molar-refractivity contribution in [2.24, 2.45) is 0 Å². The van der Waals surface area contributed by atoms with Gasteiger partial charge < -0.3 is 48.9 Å². The molecule has 7 N–H and O–H groups in total. The number of ether oxygens (including phenoxy) is 4. The number of amides is 1. The molecule has 1 aromatic carbocycles. The fourth-order valence-electron chi connectivity index (χ4n) is 4.70. The second-order valence-electron chi connectivity index (χ2n) is 10.3. The Kier molecular flexibility index (Phi) is 9.31. The summed E-state index contributed by atoms with van der Waals surface area (Å²) < 4.78 is 47.1. The maximum absolute atomic E-state index is 12.4. The molecule has 2 unspecified atom stereocenters. The largest absolute Gasteiger partial charge is 0.445 e. The topological polar surface area (TPSA) is 256 Å². The Morgan fingerprint density at radius 2 is 1.71 bits per heavy atom. The van der Waals surface area contributed by atoms with Gasteiger partial charge in [0.05, 0.1) is 11.4 Å². The van der Waals surface area contributed by atoms with Gasteiger partial charge in [0.1, 0.15) is 30.7 Å². The number of carbonyl (C=O) groups excluding carboxylic acids is 1. The third-order valence-electron chi connectivity index (χ3n) is 6.64. The summed E-state index contributed by atoms with van der Waals surface area (Å²) in [5.74, 6) is -2.86. The number of alkyl carbamates (subject to hydrolysis) is 1. The predicted octanol–water partition coefficient (Wildman–Crippen LogP) is -0.672. The molecule has 0 spiro atoms. The number of aromatic amines is 1. The molecule has 2 saturated heterocycles. The summed E-state index contributed by atoms with van der Waals surface area (Å²) in [6, 6.07) is 6.06. The molecular weight excluding hydrogens is 604 g/mol. The lowest BCUT2D eigenvalue weighted by atomic mass is 10.0. The van der Waals surface area contributed by atoms with Crippen LogP contribution in [-0.4, -0.2) is 76.3 Å². The number of fused-ring (bicyclic) bond motifs is 1. The van der Waals surface area contributed by atoms with Crippen molar-refractivity contribution < 1.29 is 57.6 Å². The number of H-pyrrole nitrogens is 1. The molecule has 0 saturated carbocycles. The SMILES string of the molecule is CC1(C)O[C@@H]2[C@H](O1)[C@@H](C(O)CCC(NC(=O)OCc1ccc(P(=O)(O)O)cc1)P(=O)(O)O)O[C@H]2n1ccc(=O)[nH]c1=O. The molecule has 232 valence electrons. The average Bonchev–Trinajstić information content (AvgIpc) is 3.37. The first-order chi connectivity index (χ1) is 19.4. The molecule has 3 heterocycles. The summed E-state index contributed by atoms with van der Waals surface area (Å²) in [6.45, 7) is 2.88. The second kappa shape index (κ2) is 12.1. The number of aliphatic hydroxyl groups excluding tert-OH is 1. The van der Waals surface area contributed by atoms with Crippen LogP contribution in [0.1, 0.15) is 38.5 Å². The van der Waals surface area contributed by atoms with Crippen molar-refractivity contribution in [1.82, 2.24) is 14.9 Å². The number of benzene rings is 1. The van der Waals surface area contributed by atoms with Crippen LogP contribution in [0.4, 0.5) is 4.79 Å². The molecule has 2 aliphatic heterocycles. The van der Waals surface area contributed by atoms with Crippen LogP contribution in [0.25, 0.3) is 0 Å². The highest BCUT2D eigenvalue weighted by Crippen LogP contribution is 2.45. The van der Waals surface area contributed by atoms with E-state index in [1.807, 2.05) is 0 Å². The fraction of sp³-hybridized carbons (Fsp3) is 0.522. The number of hydrogen-bond donors (Lipinski definition) is 7. The Hall–Kier alpha value is -2.69. The van der Waals surface area contributed by atoms with E-state index in [1.54, 1.807) is 13.8 Å².